The molecule has 1 saturated carbocycles. The van der Waals surface area contributed by atoms with Crippen molar-refractivity contribution in [3.05, 3.63) is 11.1 Å². The van der Waals surface area contributed by atoms with E-state index in [-0.39, 0.29) is 0 Å². The van der Waals surface area contributed by atoms with Gasteiger partial charge in [-0.05, 0) is 12.8 Å². The average Bonchev–Trinajstić information content (AvgIpc) is 3.18. The van der Waals surface area contributed by atoms with Crippen molar-refractivity contribution in [2.24, 2.45) is 0 Å². The van der Waals surface area contributed by atoms with Gasteiger partial charge in [0, 0.05) is 11.3 Å². The Kier molecular flexibility index (Phi) is 4.73. The van der Waals surface area contributed by atoms with Crippen molar-refractivity contribution < 1.29 is 24.2 Å². The number of carboxylic acid groups (broad SMARTS) is 1. The van der Waals surface area contributed by atoms with E-state index in [1.807, 2.05) is 5.38 Å². The summed E-state index contributed by atoms with van der Waals surface area (Å²) in [5.74, 6) is -1.55. The molecule has 0 unspecified atom stereocenters. The van der Waals surface area contributed by atoms with Crippen molar-refractivity contribution in [3.8, 4) is 0 Å². The first-order chi connectivity index (χ1) is 9.99. The van der Waals surface area contributed by atoms with Gasteiger partial charge in [-0.2, -0.15) is 0 Å². The molecule has 0 radical (unpaired) electrons. The first-order valence-electron chi connectivity index (χ1n) is 6.32. The summed E-state index contributed by atoms with van der Waals surface area (Å²) in [6.07, 6.45) is 1.77. The molecule has 21 heavy (non-hydrogen) atoms. The third-order valence-corrected chi connectivity index (χ3v) is 3.72. The number of thiazole rings is 1. The molecular weight excluding hydrogens is 298 g/mol. The zero-order valence-corrected chi connectivity index (χ0v) is 12.1. The van der Waals surface area contributed by atoms with Crippen LogP contribution in [0.1, 0.15) is 30.9 Å². The molecule has 1 aromatic heterocycles. The van der Waals surface area contributed by atoms with Crippen molar-refractivity contribution >= 4 is 34.4 Å². The Labute approximate surface area is 124 Å². The molecule has 0 spiro atoms. The molecule has 1 atom stereocenters. The van der Waals surface area contributed by atoms with Crippen LogP contribution in [0.4, 0.5) is 9.93 Å². The number of methoxy groups -OCH3 is 1. The molecule has 8 nitrogen and oxygen atoms in total. The molecule has 1 aliphatic rings. The van der Waals surface area contributed by atoms with E-state index in [2.05, 4.69) is 20.4 Å². The Hall–Kier alpha value is -2.16. The lowest BCUT2D eigenvalue weighted by Crippen LogP contribution is -2.44. The van der Waals surface area contributed by atoms with Crippen molar-refractivity contribution in [3.63, 3.8) is 0 Å². The Balaban J connectivity index is 1.88. The highest BCUT2D eigenvalue weighted by Crippen LogP contribution is 2.40. The Bertz CT molecular complexity index is 555. The van der Waals surface area contributed by atoms with Gasteiger partial charge in [-0.15, -0.1) is 11.3 Å². The number of aromatic nitrogens is 1. The molecule has 2 rings (SSSR count). The topological polar surface area (TPSA) is 118 Å². The molecule has 0 saturated heterocycles. The zero-order chi connectivity index (χ0) is 15.4. The molecule has 1 fully saturated rings. The highest BCUT2D eigenvalue weighted by molar-refractivity contribution is 7.13. The van der Waals surface area contributed by atoms with Crippen LogP contribution in [-0.2, 0) is 14.3 Å². The Morgan fingerprint density at radius 1 is 1.52 bits per heavy atom. The van der Waals surface area contributed by atoms with Crippen LogP contribution >= 0.6 is 11.3 Å². The maximum absolute atomic E-state index is 11.7. The minimum atomic E-state index is -1.35. The highest BCUT2D eigenvalue weighted by Gasteiger charge is 2.27. The van der Waals surface area contributed by atoms with Crippen molar-refractivity contribution in [2.75, 3.05) is 12.4 Å². The smallest absolute Gasteiger partial charge is 0.326 e. The van der Waals surface area contributed by atoms with Crippen LogP contribution in [0, 0.1) is 0 Å². The van der Waals surface area contributed by atoms with Crippen LogP contribution in [0.3, 0.4) is 0 Å². The first kappa shape index (κ1) is 15.2. The van der Waals surface area contributed by atoms with Gasteiger partial charge < -0.3 is 15.2 Å². The SMILES string of the molecule is COC(=O)C[C@H](NC(=O)Nc1nc(C2CC2)cs1)C(=O)O. The number of urea groups is 1. The van der Waals surface area contributed by atoms with Gasteiger partial charge in [0.1, 0.15) is 6.04 Å². The number of carboxylic acids is 1. The normalized spacial score (nSPS) is 15.1. The van der Waals surface area contributed by atoms with Gasteiger partial charge in [-0.3, -0.25) is 10.1 Å². The molecular formula is C12H15N3O5S. The van der Waals surface area contributed by atoms with Gasteiger partial charge in [0.2, 0.25) is 0 Å². The summed E-state index contributed by atoms with van der Waals surface area (Å²) in [4.78, 5) is 38.0. The van der Waals surface area contributed by atoms with Crippen LogP contribution in [0.25, 0.3) is 0 Å². The van der Waals surface area contributed by atoms with E-state index in [9.17, 15) is 14.4 Å². The van der Waals surface area contributed by atoms with E-state index in [1.54, 1.807) is 0 Å². The lowest BCUT2D eigenvalue weighted by Gasteiger charge is -2.13. The summed E-state index contributed by atoms with van der Waals surface area (Å²) in [7, 11) is 1.15. The van der Waals surface area contributed by atoms with Crippen LogP contribution in [0.2, 0.25) is 0 Å². The van der Waals surface area contributed by atoms with Crippen LogP contribution < -0.4 is 10.6 Å². The molecule has 0 bridgehead atoms. The predicted octanol–water partition coefficient (Wildman–Crippen LogP) is 1.16. The highest BCUT2D eigenvalue weighted by atomic mass is 32.1. The summed E-state index contributed by atoms with van der Waals surface area (Å²) in [6, 6.07) is -2.07. The van der Waals surface area contributed by atoms with E-state index in [0.717, 1.165) is 25.6 Å². The quantitative estimate of drug-likeness (QED) is 0.678. The summed E-state index contributed by atoms with van der Waals surface area (Å²) < 4.78 is 4.38. The minimum Gasteiger partial charge on any atom is -0.480 e. The second-order valence-corrected chi connectivity index (χ2v) is 5.48. The molecule has 1 aromatic rings. The largest absolute Gasteiger partial charge is 0.480 e. The number of carbonyl (C=O) groups excluding carboxylic acids is 2. The number of aliphatic carboxylic acids is 1. The van der Waals surface area contributed by atoms with Crippen molar-refractivity contribution in [1.29, 1.82) is 0 Å². The molecule has 0 aromatic carbocycles. The predicted molar refractivity (Wildman–Crippen MR) is 74.3 cm³/mol. The molecule has 3 N–H and O–H groups in total. The number of carbonyl (C=O) groups is 3. The number of rotatable bonds is 6. The summed E-state index contributed by atoms with van der Waals surface area (Å²) in [6.45, 7) is 0. The number of hydrogen-bond acceptors (Lipinski definition) is 6. The number of nitrogens with one attached hydrogen (secondary N) is 2. The second kappa shape index (κ2) is 6.53. The van der Waals surface area contributed by atoms with Gasteiger partial charge in [0.15, 0.2) is 5.13 Å². The van der Waals surface area contributed by atoms with Gasteiger partial charge in [-0.1, -0.05) is 0 Å². The minimum absolute atomic E-state index is 0.400. The number of nitrogens with zero attached hydrogens (tertiary/aromatic N) is 1. The monoisotopic (exact) mass is 313 g/mol. The number of amides is 2. The number of ether oxygens (including phenoxy) is 1. The fraction of sp³-hybridized carbons (Fsp3) is 0.500. The molecule has 9 heteroatoms. The van der Waals surface area contributed by atoms with Gasteiger partial charge in [0.25, 0.3) is 0 Å². The van der Waals surface area contributed by atoms with E-state index in [1.165, 1.54) is 11.3 Å². The lowest BCUT2D eigenvalue weighted by atomic mass is 10.2. The summed E-state index contributed by atoms with van der Waals surface area (Å²) >= 11 is 1.28. The lowest BCUT2D eigenvalue weighted by molar-refractivity contribution is -0.147. The van der Waals surface area contributed by atoms with Crippen molar-refractivity contribution in [1.82, 2.24) is 10.3 Å². The number of anilines is 1. The van der Waals surface area contributed by atoms with Crippen LogP contribution in [-0.4, -0.2) is 41.2 Å². The fourth-order valence-electron chi connectivity index (χ4n) is 1.65. The standard InChI is InChI=1S/C12H15N3O5S/c1-20-9(16)4-7(10(17)18)13-11(19)15-12-14-8(5-21-12)6-2-3-6/h5-7H,2-4H2,1H3,(H,17,18)(H2,13,14,15,19)/t7-/m0/s1. The molecule has 1 heterocycles. The third-order valence-electron chi connectivity index (χ3n) is 2.94. The number of hydrogen-bond donors (Lipinski definition) is 3. The van der Waals surface area contributed by atoms with Gasteiger partial charge >= 0.3 is 18.0 Å². The molecule has 0 aliphatic heterocycles. The van der Waals surface area contributed by atoms with E-state index in [4.69, 9.17) is 5.11 Å². The van der Waals surface area contributed by atoms with Gasteiger partial charge in [-0.25, -0.2) is 14.6 Å². The van der Waals surface area contributed by atoms with Crippen LogP contribution in [0.15, 0.2) is 5.38 Å². The summed E-state index contributed by atoms with van der Waals surface area (Å²) in [5.41, 5.74) is 0.944. The van der Waals surface area contributed by atoms with Crippen LogP contribution in [0.5, 0.6) is 0 Å². The summed E-state index contributed by atoms with van der Waals surface area (Å²) in [5, 5.41) is 15.9. The zero-order valence-electron chi connectivity index (χ0n) is 11.3. The van der Waals surface area contributed by atoms with E-state index >= 15 is 0 Å². The average molecular weight is 313 g/mol. The Morgan fingerprint density at radius 3 is 2.81 bits per heavy atom. The van der Waals surface area contributed by atoms with E-state index in [0.29, 0.717) is 11.0 Å². The second-order valence-electron chi connectivity index (χ2n) is 4.62. The third kappa shape index (κ3) is 4.42. The maximum Gasteiger partial charge on any atom is 0.326 e. The maximum atomic E-state index is 11.7. The van der Waals surface area contributed by atoms with Gasteiger partial charge in [0.05, 0.1) is 19.2 Å². The Morgan fingerprint density at radius 2 is 2.24 bits per heavy atom. The van der Waals surface area contributed by atoms with Crippen molar-refractivity contribution in [2.45, 2.75) is 31.2 Å². The number of esters is 1. The molecule has 114 valence electrons. The van der Waals surface area contributed by atoms with E-state index < -0.39 is 30.4 Å². The first-order valence-corrected chi connectivity index (χ1v) is 7.20. The fourth-order valence-corrected chi connectivity index (χ4v) is 2.44. The molecule has 1 aliphatic carbocycles. The molecule has 2 amide bonds.